The van der Waals surface area contributed by atoms with Gasteiger partial charge in [0, 0.05) is 13.1 Å². The summed E-state index contributed by atoms with van der Waals surface area (Å²) in [7, 11) is 0. The molecule has 0 heterocycles. The van der Waals surface area contributed by atoms with Crippen LogP contribution in [0.4, 0.5) is 4.79 Å². The smallest absolute Gasteiger partial charge is 0.408 e. The lowest BCUT2D eigenvalue weighted by Crippen LogP contribution is -2.48. The van der Waals surface area contributed by atoms with Gasteiger partial charge in [-0.1, -0.05) is 70.6 Å². The Labute approximate surface area is 218 Å². The van der Waals surface area contributed by atoms with E-state index < -0.39 is 17.7 Å². The van der Waals surface area contributed by atoms with Crippen LogP contribution in [-0.2, 0) is 14.3 Å². The number of ether oxygens (including phenoxy) is 1. The number of alkyl carbamates (subject to hydrolysis) is 1. The standard InChI is InChI=1S/C29H49N3O4/c1-8-10-12-13-15-19-32(25(33)21-31-28(35)36-29(5,6)7)26(27(34)30-18-14-11-9-2)24-17-16-22(3)23(4)20-24/h16-17,20,26H,8-15,18-19,21H2,1-7H3,(H,30,34)(H,31,35). The predicted molar refractivity (Wildman–Crippen MR) is 146 cm³/mol. The second kappa shape index (κ2) is 16.2. The van der Waals surface area contributed by atoms with Crippen molar-refractivity contribution in [2.24, 2.45) is 0 Å². The highest BCUT2D eigenvalue weighted by atomic mass is 16.6. The molecule has 0 aliphatic rings. The summed E-state index contributed by atoms with van der Waals surface area (Å²) in [6, 6.07) is 5.15. The van der Waals surface area contributed by atoms with Crippen LogP contribution in [0.2, 0.25) is 0 Å². The third-order valence-corrected chi connectivity index (χ3v) is 6.09. The van der Waals surface area contributed by atoms with Gasteiger partial charge in [0.25, 0.3) is 0 Å². The number of hydrogen-bond acceptors (Lipinski definition) is 4. The number of rotatable bonds is 15. The van der Waals surface area contributed by atoms with Crippen LogP contribution in [-0.4, -0.2) is 48.0 Å². The Morgan fingerprint density at radius 1 is 0.889 bits per heavy atom. The topological polar surface area (TPSA) is 87.7 Å². The van der Waals surface area contributed by atoms with Crippen molar-refractivity contribution in [2.75, 3.05) is 19.6 Å². The molecule has 0 aromatic heterocycles. The highest BCUT2D eigenvalue weighted by molar-refractivity contribution is 5.90. The van der Waals surface area contributed by atoms with E-state index in [0.717, 1.165) is 68.1 Å². The van der Waals surface area contributed by atoms with E-state index in [0.29, 0.717) is 13.1 Å². The Bertz CT molecular complexity index is 832. The van der Waals surface area contributed by atoms with Gasteiger partial charge in [-0.25, -0.2) is 4.79 Å². The highest BCUT2D eigenvalue weighted by Crippen LogP contribution is 2.25. The number of hydrogen-bond donors (Lipinski definition) is 2. The van der Waals surface area contributed by atoms with Crippen LogP contribution in [0, 0.1) is 13.8 Å². The van der Waals surface area contributed by atoms with Gasteiger partial charge in [-0.3, -0.25) is 9.59 Å². The van der Waals surface area contributed by atoms with Crippen molar-refractivity contribution in [3.8, 4) is 0 Å². The Morgan fingerprint density at radius 3 is 2.14 bits per heavy atom. The largest absolute Gasteiger partial charge is 0.444 e. The van der Waals surface area contributed by atoms with Crippen LogP contribution in [0.5, 0.6) is 0 Å². The average molecular weight is 504 g/mol. The van der Waals surface area contributed by atoms with Gasteiger partial charge in [0.05, 0.1) is 0 Å². The van der Waals surface area contributed by atoms with Crippen LogP contribution in [0.3, 0.4) is 0 Å². The van der Waals surface area contributed by atoms with E-state index >= 15 is 0 Å². The van der Waals surface area contributed by atoms with Crippen LogP contribution >= 0.6 is 0 Å². The fraction of sp³-hybridized carbons (Fsp3) is 0.690. The molecule has 0 aliphatic heterocycles. The first-order chi connectivity index (χ1) is 17.0. The Kier molecular flexibility index (Phi) is 14.2. The molecule has 204 valence electrons. The molecule has 0 saturated carbocycles. The van der Waals surface area contributed by atoms with Gasteiger partial charge in [-0.2, -0.15) is 0 Å². The number of benzene rings is 1. The first kappa shape index (κ1) is 31.5. The predicted octanol–water partition coefficient (Wildman–Crippen LogP) is 5.97. The number of carbonyl (C=O) groups excluding carboxylic acids is 3. The summed E-state index contributed by atoms with van der Waals surface area (Å²) < 4.78 is 5.29. The molecule has 0 bridgehead atoms. The minimum atomic E-state index is -0.759. The van der Waals surface area contributed by atoms with Crippen molar-refractivity contribution in [1.82, 2.24) is 15.5 Å². The number of carbonyl (C=O) groups is 3. The van der Waals surface area contributed by atoms with Gasteiger partial charge < -0.3 is 20.3 Å². The molecule has 0 saturated heterocycles. The number of amides is 3. The van der Waals surface area contributed by atoms with E-state index in [-0.39, 0.29) is 18.4 Å². The summed E-state index contributed by atoms with van der Waals surface area (Å²) in [6.07, 6.45) is 7.49. The highest BCUT2D eigenvalue weighted by Gasteiger charge is 2.31. The molecule has 36 heavy (non-hydrogen) atoms. The normalized spacial score (nSPS) is 12.1. The lowest BCUT2D eigenvalue weighted by atomic mass is 9.98. The molecule has 0 fully saturated rings. The van der Waals surface area contributed by atoms with E-state index in [4.69, 9.17) is 4.74 Å². The average Bonchev–Trinajstić information content (AvgIpc) is 2.80. The Balaban J connectivity index is 3.18. The number of nitrogens with one attached hydrogen (secondary N) is 2. The minimum absolute atomic E-state index is 0.187. The molecule has 1 atom stereocenters. The Hall–Kier alpha value is -2.57. The van der Waals surface area contributed by atoms with Crippen LogP contribution in [0.15, 0.2) is 18.2 Å². The Morgan fingerprint density at radius 2 is 1.53 bits per heavy atom. The van der Waals surface area contributed by atoms with Gasteiger partial charge in [-0.05, 0) is 64.2 Å². The second-order valence-corrected chi connectivity index (χ2v) is 10.6. The maximum Gasteiger partial charge on any atom is 0.408 e. The summed E-state index contributed by atoms with van der Waals surface area (Å²) in [4.78, 5) is 40.8. The van der Waals surface area contributed by atoms with Crippen molar-refractivity contribution in [3.63, 3.8) is 0 Å². The fourth-order valence-electron chi connectivity index (χ4n) is 3.94. The van der Waals surface area contributed by atoms with E-state index in [1.165, 1.54) is 0 Å². The summed E-state index contributed by atoms with van der Waals surface area (Å²) >= 11 is 0. The molecular formula is C29H49N3O4. The third kappa shape index (κ3) is 11.9. The molecule has 0 spiro atoms. The van der Waals surface area contributed by atoms with E-state index in [1.807, 2.05) is 32.0 Å². The van der Waals surface area contributed by atoms with Gasteiger partial charge in [-0.15, -0.1) is 0 Å². The molecule has 2 N–H and O–H groups in total. The zero-order valence-corrected chi connectivity index (χ0v) is 23.7. The lowest BCUT2D eigenvalue weighted by molar-refractivity contribution is -0.140. The molecule has 1 aromatic rings. The van der Waals surface area contributed by atoms with Crippen LogP contribution in [0.25, 0.3) is 0 Å². The quantitative estimate of drug-likeness (QED) is 0.288. The van der Waals surface area contributed by atoms with Gasteiger partial charge in [0.2, 0.25) is 11.8 Å². The van der Waals surface area contributed by atoms with E-state index in [9.17, 15) is 14.4 Å². The molecular weight excluding hydrogens is 454 g/mol. The van der Waals surface area contributed by atoms with Crippen molar-refractivity contribution in [1.29, 1.82) is 0 Å². The molecule has 7 heteroatoms. The molecule has 0 aliphatic carbocycles. The second-order valence-electron chi connectivity index (χ2n) is 10.6. The molecule has 1 unspecified atom stereocenters. The summed E-state index contributed by atoms with van der Waals surface area (Å²) in [6.45, 7) is 14.4. The van der Waals surface area contributed by atoms with Gasteiger partial charge >= 0.3 is 6.09 Å². The van der Waals surface area contributed by atoms with E-state index in [2.05, 4.69) is 24.5 Å². The monoisotopic (exact) mass is 503 g/mol. The van der Waals surface area contributed by atoms with Crippen LogP contribution < -0.4 is 10.6 Å². The van der Waals surface area contributed by atoms with Crippen molar-refractivity contribution in [3.05, 3.63) is 34.9 Å². The third-order valence-electron chi connectivity index (χ3n) is 6.09. The zero-order chi connectivity index (χ0) is 27.1. The van der Waals surface area contributed by atoms with Crippen LogP contribution in [0.1, 0.15) is 109 Å². The van der Waals surface area contributed by atoms with Crippen molar-refractivity contribution < 1.29 is 19.1 Å². The van der Waals surface area contributed by atoms with Crippen molar-refractivity contribution in [2.45, 2.75) is 111 Å². The van der Waals surface area contributed by atoms with E-state index in [1.54, 1.807) is 25.7 Å². The summed E-state index contributed by atoms with van der Waals surface area (Å²) in [5, 5.41) is 5.62. The fourth-order valence-corrected chi connectivity index (χ4v) is 3.94. The maximum absolute atomic E-state index is 13.5. The number of unbranched alkanes of at least 4 members (excludes halogenated alkanes) is 6. The number of nitrogens with zero attached hydrogens (tertiary/aromatic N) is 1. The molecule has 7 nitrogen and oxygen atoms in total. The minimum Gasteiger partial charge on any atom is -0.444 e. The van der Waals surface area contributed by atoms with Gasteiger partial charge in [0.1, 0.15) is 18.2 Å². The summed E-state index contributed by atoms with van der Waals surface area (Å²) in [5.74, 6) is -0.489. The zero-order valence-electron chi connectivity index (χ0n) is 23.7. The first-order valence-corrected chi connectivity index (χ1v) is 13.6. The molecule has 0 radical (unpaired) electrons. The molecule has 1 aromatic carbocycles. The lowest BCUT2D eigenvalue weighted by Gasteiger charge is -2.32. The summed E-state index contributed by atoms with van der Waals surface area (Å²) in [5.41, 5.74) is 2.32. The first-order valence-electron chi connectivity index (χ1n) is 13.6. The maximum atomic E-state index is 13.5. The number of aryl methyl sites for hydroxylation is 2. The molecule has 1 rings (SSSR count). The SMILES string of the molecule is CCCCCCCN(C(=O)CNC(=O)OC(C)(C)C)C(C(=O)NCCCCC)c1ccc(C)c(C)c1. The molecule has 3 amide bonds. The van der Waals surface area contributed by atoms with Gasteiger partial charge in [0.15, 0.2) is 0 Å². The van der Waals surface area contributed by atoms with Crippen molar-refractivity contribution >= 4 is 17.9 Å².